The number of amides is 1. The smallest absolute Gasteiger partial charge is 0.233 e. The molecule has 0 N–H and O–H groups in total. The molecule has 1 aromatic carbocycles. The third-order valence-corrected chi connectivity index (χ3v) is 7.39. The Morgan fingerprint density at radius 3 is 2.62 bits per heavy atom. The van der Waals surface area contributed by atoms with Gasteiger partial charge in [-0.2, -0.15) is 0 Å². The minimum absolute atomic E-state index is 0.193. The summed E-state index contributed by atoms with van der Waals surface area (Å²) in [5, 5.41) is 4.32. The summed E-state index contributed by atoms with van der Waals surface area (Å²) in [6.07, 6.45) is 10.1. The van der Waals surface area contributed by atoms with Crippen molar-refractivity contribution < 1.29 is 13.7 Å². The lowest BCUT2D eigenvalue weighted by atomic mass is 9.76. The van der Waals surface area contributed by atoms with Gasteiger partial charge in [0.15, 0.2) is 0 Å². The van der Waals surface area contributed by atoms with E-state index in [9.17, 15) is 9.18 Å². The molecule has 0 bridgehead atoms. The van der Waals surface area contributed by atoms with E-state index in [0.717, 1.165) is 81.5 Å². The molecule has 4 nitrogen and oxygen atoms in total. The monoisotopic (exact) mass is 396 g/mol. The average Bonchev–Trinajstić information content (AvgIpc) is 3.42. The van der Waals surface area contributed by atoms with E-state index in [1.54, 1.807) is 12.1 Å². The van der Waals surface area contributed by atoms with Crippen LogP contribution < -0.4 is 0 Å². The highest BCUT2D eigenvalue weighted by Crippen LogP contribution is 2.44. The van der Waals surface area contributed by atoms with E-state index >= 15 is 0 Å². The number of hydrogen-bond acceptors (Lipinski definition) is 3. The fourth-order valence-electron chi connectivity index (χ4n) is 5.77. The molecule has 1 amide bonds. The molecule has 1 saturated carbocycles. The van der Waals surface area contributed by atoms with E-state index in [-0.39, 0.29) is 11.7 Å². The second kappa shape index (κ2) is 7.58. The first-order valence-corrected chi connectivity index (χ1v) is 11.2. The summed E-state index contributed by atoms with van der Waals surface area (Å²) in [5.41, 5.74) is 2.81. The van der Waals surface area contributed by atoms with Crippen LogP contribution in [0.3, 0.4) is 0 Å². The first-order valence-electron chi connectivity index (χ1n) is 11.2. The highest BCUT2D eigenvalue weighted by Gasteiger charge is 2.46. The summed E-state index contributed by atoms with van der Waals surface area (Å²) in [5.74, 6) is 1.38. The Hall–Kier alpha value is -2.17. The van der Waals surface area contributed by atoms with Crippen LogP contribution in [-0.4, -0.2) is 29.1 Å². The second-order valence-corrected chi connectivity index (χ2v) is 9.05. The lowest BCUT2D eigenvalue weighted by molar-refractivity contribution is -0.138. The Kier molecular flexibility index (Phi) is 4.92. The molecule has 1 aliphatic heterocycles. The Labute approximate surface area is 171 Å². The molecule has 5 rings (SSSR count). The van der Waals surface area contributed by atoms with Crippen LogP contribution in [0.5, 0.6) is 0 Å². The van der Waals surface area contributed by atoms with Crippen LogP contribution in [0, 0.1) is 5.82 Å². The lowest BCUT2D eigenvalue weighted by Crippen LogP contribution is -2.48. The second-order valence-electron chi connectivity index (χ2n) is 9.05. The first kappa shape index (κ1) is 18.8. The molecule has 1 saturated heterocycles. The number of benzene rings is 1. The Bertz CT molecular complexity index is 892. The number of aryl methyl sites for hydroxylation is 1. The summed E-state index contributed by atoms with van der Waals surface area (Å²) in [7, 11) is 0. The number of rotatable bonds is 3. The maximum atomic E-state index is 13.9. The van der Waals surface area contributed by atoms with E-state index in [1.807, 2.05) is 11.0 Å². The normalized spacial score (nSPS) is 21.9. The molecule has 2 heterocycles. The minimum Gasteiger partial charge on any atom is -0.361 e. The lowest BCUT2D eigenvalue weighted by Gasteiger charge is -2.38. The molecular weight excluding hydrogens is 367 g/mol. The summed E-state index contributed by atoms with van der Waals surface area (Å²) in [4.78, 5) is 15.7. The average molecular weight is 397 g/mol. The number of halogens is 1. The van der Waals surface area contributed by atoms with Crippen molar-refractivity contribution in [1.29, 1.82) is 0 Å². The van der Waals surface area contributed by atoms with Crippen LogP contribution in [0.1, 0.15) is 79.9 Å². The van der Waals surface area contributed by atoms with Crippen molar-refractivity contribution in [1.82, 2.24) is 10.1 Å². The van der Waals surface area contributed by atoms with Gasteiger partial charge in [-0.1, -0.05) is 30.1 Å². The van der Waals surface area contributed by atoms with Crippen molar-refractivity contribution in [2.75, 3.05) is 13.1 Å². The van der Waals surface area contributed by atoms with Crippen molar-refractivity contribution in [3.05, 3.63) is 52.7 Å². The number of nitrogens with zero attached hydrogens (tertiary/aromatic N) is 2. The summed E-state index contributed by atoms with van der Waals surface area (Å²) < 4.78 is 19.7. The summed E-state index contributed by atoms with van der Waals surface area (Å²) in [6.45, 7) is 1.49. The molecule has 0 radical (unpaired) electrons. The Balaban J connectivity index is 1.32. The van der Waals surface area contributed by atoms with Crippen molar-refractivity contribution in [3.63, 3.8) is 0 Å². The van der Waals surface area contributed by atoms with Gasteiger partial charge < -0.3 is 9.42 Å². The first-order chi connectivity index (χ1) is 14.2. The minimum atomic E-state index is -0.541. The molecule has 2 fully saturated rings. The molecule has 0 unspecified atom stereocenters. The van der Waals surface area contributed by atoms with Gasteiger partial charge in [-0.05, 0) is 69.1 Å². The molecule has 2 aromatic rings. The van der Waals surface area contributed by atoms with Gasteiger partial charge in [0.05, 0.1) is 11.1 Å². The van der Waals surface area contributed by atoms with Crippen LogP contribution in [-0.2, 0) is 23.1 Å². The zero-order valence-electron chi connectivity index (χ0n) is 17.0. The molecule has 5 heteroatoms. The van der Waals surface area contributed by atoms with Gasteiger partial charge in [-0.25, -0.2) is 4.39 Å². The van der Waals surface area contributed by atoms with E-state index in [2.05, 4.69) is 5.16 Å². The topological polar surface area (TPSA) is 46.3 Å². The number of carbonyl (C=O) groups is 1. The molecule has 29 heavy (non-hydrogen) atoms. The van der Waals surface area contributed by atoms with Crippen LogP contribution in [0.15, 0.2) is 28.8 Å². The van der Waals surface area contributed by atoms with Gasteiger partial charge in [-0.3, -0.25) is 4.79 Å². The van der Waals surface area contributed by atoms with Gasteiger partial charge >= 0.3 is 0 Å². The molecule has 0 atom stereocenters. The van der Waals surface area contributed by atoms with Gasteiger partial charge in [0.1, 0.15) is 11.6 Å². The summed E-state index contributed by atoms with van der Waals surface area (Å²) >= 11 is 0. The van der Waals surface area contributed by atoms with Crippen LogP contribution >= 0.6 is 0 Å². The standard InChI is InChI=1S/C24H29FN2O2/c25-19-7-5-6-18(16-19)24(12-3-4-13-24)23(28)27-14-10-17(11-15-27)22-20-8-1-2-9-21(20)26-29-22/h5-7,16-17H,1-4,8-15H2. The highest BCUT2D eigenvalue weighted by atomic mass is 19.1. The number of likely N-dealkylation sites (tertiary alicyclic amines) is 1. The Morgan fingerprint density at radius 2 is 1.86 bits per heavy atom. The van der Waals surface area contributed by atoms with Gasteiger partial charge in [0.25, 0.3) is 0 Å². The third kappa shape index (κ3) is 3.28. The fraction of sp³-hybridized carbons (Fsp3) is 0.583. The maximum Gasteiger partial charge on any atom is 0.233 e. The molecule has 2 aliphatic carbocycles. The number of piperidine rings is 1. The Morgan fingerprint density at radius 1 is 1.10 bits per heavy atom. The summed E-state index contributed by atoms with van der Waals surface area (Å²) in [6, 6.07) is 6.69. The predicted molar refractivity (Wildman–Crippen MR) is 108 cm³/mol. The van der Waals surface area contributed by atoms with Gasteiger partial charge in [0, 0.05) is 24.6 Å². The van der Waals surface area contributed by atoms with Crippen LogP contribution in [0.4, 0.5) is 4.39 Å². The molecule has 3 aliphatic rings. The number of hydrogen-bond donors (Lipinski definition) is 0. The van der Waals surface area contributed by atoms with Crippen LogP contribution in [0.25, 0.3) is 0 Å². The van der Waals surface area contributed by atoms with E-state index in [4.69, 9.17) is 4.52 Å². The van der Waals surface area contributed by atoms with Crippen LogP contribution in [0.2, 0.25) is 0 Å². The van der Waals surface area contributed by atoms with Crippen molar-refractivity contribution >= 4 is 5.91 Å². The number of fused-ring (bicyclic) bond motifs is 1. The highest BCUT2D eigenvalue weighted by molar-refractivity contribution is 5.88. The van der Waals surface area contributed by atoms with E-state index in [0.29, 0.717) is 5.92 Å². The molecular formula is C24H29FN2O2. The SMILES string of the molecule is O=C(N1CCC(c2onc3c2CCCC3)CC1)C1(c2cccc(F)c2)CCCC1. The molecule has 1 aromatic heterocycles. The van der Waals surface area contributed by atoms with Crippen molar-refractivity contribution in [2.24, 2.45) is 0 Å². The zero-order valence-corrected chi connectivity index (χ0v) is 17.0. The van der Waals surface area contributed by atoms with Gasteiger partial charge in [-0.15, -0.1) is 0 Å². The number of aromatic nitrogens is 1. The van der Waals surface area contributed by atoms with E-state index in [1.165, 1.54) is 24.5 Å². The number of carbonyl (C=O) groups excluding carboxylic acids is 1. The fourth-order valence-corrected chi connectivity index (χ4v) is 5.77. The molecule has 154 valence electrons. The zero-order chi connectivity index (χ0) is 19.8. The third-order valence-electron chi connectivity index (χ3n) is 7.39. The van der Waals surface area contributed by atoms with E-state index < -0.39 is 5.41 Å². The quantitative estimate of drug-likeness (QED) is 0.740. The van der Waals surface area contributed by atoms with Crippen molar-refractivity contribution in [3.8, 4) is 0 Å². The maximum absolute atomic E-state index is 13.9. The van der Waals surface area contributed by atoms with Gasteiger partial charge in [0.2, 0.25) is 5.91 Å². The predicted octanol–water partition coefficient (Wildman–Crippen LogP) is 4.91. The largest absolute Gasteiger partial charge is 0.361 e. The van der Waals surface area contributed by atoms with Crippen molar-refractivity contribution in [2.45, 2.75) is 75.5 Å². The molecule has 0 spiro atoms.